The van der Waals surface area contributed by atoms with E-state index < -0.39 is 0 Å². The molecule has 0 unspecified atom stereocenters. The zero-order valence-corrected chi connectivity index (χ0v) is 14.7. The normalized spacial score (nSPS) is 11.5. The Bertz CT molecular complexity index is 833. The number of rotatable bonds is 4. The van der Waals surface area contributed by atoms with Crippen LogP contribution in [0.25, 0.3) is 10.7 Å². The van der Waals surface area contributed by atoms with Crippen molar-refractivity contribution >= 4 is 22.9 Å². The molecule has 2 aromatic heterocycles. The van der Waals surface area contributed by atoms with E-state index in [1.807, 2.05) is 41.8 Å². The number of nitrogens with one attached hydrogen (secondary N) is 1. The zero-order valence-electron chi connectivity index (χ0n) is 13.9. The SMILES string of the molecule is CC(C)(C)c1ccccc1NC(=O)Cn1nnc(-c2cccs2)n1. The van der Waals surface area contributed by atoms with Gasteiger partial charge in [-0.1, -0.05) is 45.0 Å². The predicted octanol–water partition coefficient (Wildman–Crippen LogP) is 3.34. The van der Waals surface area contributed by atoms with E-state index in [1.165, 1.54) is 16.1 Å². The fraction of sp³-hybridized carbons (Fsp3) is 0.294. The maximum Gasteiger partial charge on any atom is 0.248 e. The van der Waals surface area contributed by atoms with E-state index >= 15 is 0 Å². The summed E-state index contributed by atoms with van der Waals surface area (Å²) >= 11 is 1.54. The molecule has 0 radical (unpaired) electrons. The van der Waals surface area contributed by atoms with Gasteiger partial charge < -0.3 is 5.32 Å². The fourth-order valence-electron chi connectivity index (χ4n) is 2.38. The minimum Gasteiger partial charge on any atom is -0.324 e. The number of nitrogens with zero attached hydrogens (tertiary/aromatic N) is 4. The third-order valence-corrected chi connectivity index (χ3v) is 4.35. The van der Waals surface area contributed by atoms with Gasteiger partial charge in [-0.2, -0.15) is 4.80 Å². The number of tetrazole rings is 1. The first-order valence-electron chi connectivity index (χ1n) is 7.64. The molecule has 0 aliphatic heterocycles. The van der Waals surface area contributed by atoms with Crippen molar-refractivity contribution in [3.05, 3.63) is 47.3 Å². The van der Waals surface area contributed by atoms with Gasteiger partial charge in [0.15, 0.2) is 0 Å². The lowest BCUT2D eigenvalue weighted by molar-refractivity contribution is -0.117. The summed E-state index contributed by atoms with van der Waals surface area (Å²) in [7, 11) is 0. The Kier molecular flexibility index (Phi) is 4.44. The minimum atomic E-state index is -0.179. The molecule has 0 spiro atoms. The largest absolute Gasteiger partial charge is 0.324 e. The Morgan fingerprint density at radius 1 is 1.21 bits per heavy atom. The lowest BCUT2D eigenvalue weighted by Crippen LogP contribution is -2.23. The molecule has 3 aromatic rings. The third kappa shape index (κ3) is 3.68. The quantitative estimate of drug-likeness (QED) is 0.790. The summed E-state index contributed by atoms with van der Waals surface area (Å²) in [5, 5.41) is 17.1. The highest BCUT2D eigenvalue weighted by Gasteiger charge is 2.19. The highest BCUT2D eigenvalue weighted by Crippen LogP contribution is 2.29. The molecule has 1 N–H and O–H groups in total. The first-order valence-corrected chi connectivity index (χ1v) is 8.52. The first-order chi connectivity index (χ1) is 11.4. The lowest BCUT2D eigenvalue weighted by Gasteiger charge is -2.22. The Morgan fingerprint density at radius 3 is 2.71 bits per heavy atom. The molecule has 0 aliphatic carbocycles. The van der Waals surface area contributed by atoms with Crippen LogP contribution in [0, 0.1) is 0 Å². The predicted molar refractivity (Wildman–Crippen MR) is 94.9 cm³/mol. The minimum absolute atomic E-state index is 0.0247. The number of para-hydroxylation sites is 1. The monoisotopic (exact) mass is 341 g/mol. The molecule has 0 aliphatic rings. The maximum atomic E-state index is 12.3. The number of amides is 1. The van der Waals surface area contributed by atoms with E-state index in [2.05, 4.69) is 41.5 Å². The second kappa shape index (κ2) is 6.52. The number of hydrogen-bond donors (Lipinski definition) is 1. The van der Waals surface area contributed by atoms with Crippen LogP contribution in [0.4, 0.5) is 5.69 Å². The van der Waals surface area contributed by atoms with Crippen LogP contribution in [0.15, 0.2) is 41.8 Å². The van der Waals surface area contributed by atoms with Crippen molar-refractivity contribution < 1.29 is 4.79 Å². The molecule has 2 heterocycles. The van der Waals surface area contributed by atoms with Gasteiger partial charge in [-0.05, 0) is 33.7 Å². The summed E-state index contributed by atoms with van der Waals surface area (Å²) in [5.74, 6) is 0.356. The molecule has 0 atom stereocenters. The Labute approximate surface area is 144 Å². The molecular weight excluding hydrogens is 322 g/mol. The van der Waals surface area contributed by atoms with Crippen LogP contribution in [0.1, 0.15) is 26.3 Å². The molecule has 7 heteroatoms. The Morgan fingerprint density at radius 2 is 2.00 bits per heavy atom. The number of aromatic nitrogens is 4. The molecule has 0 saturated carbocycles. The number of carbonyl (C=O) groups is 1. The van der Waals surface area contributed by atoms with Crippen molar-refractivity contribution in [1.29, 1.82) is 0 Å². The van der Waals surface area contributed by atoms with Gasteiger partial charge >= 0.3 is 0 Å². The van der Waals surface area contributed by atoms with E-state index in [4.69, 9.17) is 0 Å². The van der Waals surface area contributed by atoms with Crippen molar-refractivity contribution in [3.8, 4) is 10.7 Å². The second-order valence-electron chi connectivity index (χ2n) is 6.46. The summed E-state index contributed by atoms with van der Waals surface area (Å²) < 4.78 is 0. The number of benzene rings is 1. The summed E-state index contributed by atoms with van der Waals surface area (Å²) in [6.07, 6.45) is 0. The highest BCUT2D eigenvalue weighted by atomic mass is 32.1. The molecule has 124 valence electrons. The highest BCUT2D eigenvalue weighted by molar-refractivity contribution is 7.13. The second-order valence-corrected chi connectivity index (χ2v) is 7.41. The van der Waals surface area contributed by atoms with E-state index in [0.717, 1.165) is 16.1 Å². The van der Waals surface area contributed by atoms with Gasteiger partial charge in [-0.25, -0.2) is 0 Å². The van der Waals surface area contributed by atoms with Crippen LogP contribution in [0.2, 0.25) is 0 Å². The molecule has 0 bridgehead atoms. The van der Waals surface area contributed by atoms with E-state index in [0.29, 0.717) is 5.82 Å². The molecule has 6 nitrogen and oxygen atoms in total. The van der Waals surface area contributed by atoms with Crippen LogP contribution >= 0.6 is 11.3 Å². The van der Waals surface area contributed by atoms with Gasteiger partial charge in [0.1, 0.15) is 6.54 Å². The van der Waals surface area contributed by atoms with Crippen molar-refractivity contribution in [3.63, 3.8) is 0 Å². The fourth-order valence-corrected chi connectivity index (χ4v) is 3.03. The van der Waals surface area contributed by atoms with Crippen molar-refractivity contribution in [1.82, 2.24) is 20.2 Å². The number of carbonyl (C=O) groups excluding carboxylic acids is 1. The zero-order chi connectivity index (χ0) is 17.2. The van der Waals surface area contributed by atoms with Gasteiger partial charge in [0.25, 0.3) is 0 Å². The molecule has 0 saturated heterocycles. The van der Waals surface area contributed by atoms with Crippen LogP contribution in [0.5, 0.6) is 0 Å². The smallest absolute Gasteiger partial charge is 0.248 e. The lowest BCUT2D eigenvalue weighted by atomic mass is 9.86. The number of anilines is 1. The molecular formula is C17H19N5OS. The van der Waals surface area contributed by atoms with Gasteiger partial charge in [-0.3, -0.25) is 4.79 Å². The van der Waals surface area contributed by atoms with Gasteiger partial charge in [-0.15, -0.1) is 21.5 Å². The van der Waals surface area contributed by atoms with Crippen molar-refractivity contribution in [2.45, 2.75) is 32.7 Å². The summed E-state index contributed by atoms with van der Waals surface area (Å²) in [6, 6.07) is 11.7. The molecule has 1 amide bonds. The average Bonchev–Trinajstić information content (AvgIpc) is 3.17. The maximum absolute atomic E-state index is 12.3. The molecule has 0 fully saturated rings. The van der Waals surface area contributed by atoms with Crippen molar-refractivity contribution in [2.24, 2.45) is 0 Å². The Balaban J connectivity index is 1.71. The summed E-state index contributed by atoms with van der Waals surface area (Å²) in [5.41, 5.74) is 1.85. The van der Waals surface area contributed by atoms with Gasteiger partial charge in [0.05, 0.1) is 4.88 Å². The van der Waals surface area contributed by atoms with Crippen LogP contribution < -0.4 is 5.32 Å². The summed E-state index contributed by atoms with van der Waals surface area (Å²) in [4.78, 5) is 14.6. The first kappa shape index (κ1) is 16.3. The van der Waals surface area contributed by atoms with Gasteiger partial charge in [0.2, 0.25) is 11.7 Å². The molecule has 24 heavy (non-hydrogen) atoms. The Hall–Kier alpha value is -2.54. The topological polar surface area (TPSA) is 72.7 Å². The molecule has 3 rings (SSSR count). The van der Waals surface area contributed by atoms with E-state index in [9.17, 15) is 4.79 Å². The van der Waals surface area contributed by atoms with Crippen molar-refractivity contribution in [2.75, 3.05) is 5.32 Å². The average molecular weight is 341 g/mol. The van der Waals surface area contributed by atoms with Crippen LogP contribution in [-0.4, -0.2) is 26.1 Å². The van der Waals surface area contributed by atoms with E-state index in [1.54, 1.807) is 0 Å². The standard InChI is InChI=1S/C17H19N5OS/c1-17(2,3)12-7-4-5-8-13(12)18-15(23)11-22-20-16(19-21-22)14-9-6-10-24-14/h4-10H,11H2,1-3H3,(H,18,23). The van der Waals surface area contributed by atoms with Gasteiger partial charge in [0, 0.05) is 5.69 Å². The van der Waals surface area contributed by atoms with E-state index in [-0.39, 0.29) is 17.9 Å². The molecule has 1 aromatic carbocycles. The summed E-state index contributed by atoms with van der Waals surface area (Å²) in [6.45, 7) is 6.37. The number of hydrogen-bond acceptors (Lipinski definition) is 5. The van der Waals surface area contributed by atoms with Crippen LogP contribution in [-0.2, 0) is 16.8 Å². The number of thiophene rings is 1. The third-order valence-electron chi connectivity index (χ3n) is 3.49. The van der Waals surface area contributed by atoms with Crippen LogP contribution in [0.3, 0.4) is 0 Å².